The number of carboxylic acid groups (broad SMARTS) is 1. The van der Waals surface area contributed by atoms with Gasteiger partial charge in [0.25, 0.3) is 16.0 Å². The third-order valence-electron chi connectivity index (χ3n) is 5.23. The number of aliphatic carboxylic acids is 1. The summed E-state index contributed by atoms with van der Waals surface area (Å²) in [6.45, 7) is 3.06. The fraction of sp³-hybridized carbons (Fsp3) is 0.0769. The molecule has 2 amide bonds. The van der Waals surface area contributed by atoms with Crippen molar-refractivity contribution in [3.8, 4) is 11.1 Å². The van der Waals surface area contributed by atoms with E-state index in [2.05, 4.69) is 10.6 Å². The van der Waals surface area contributed by atoms with E-state index in [0.717, 1.165) is 12.1 Å². The molecule has 0 bridgehead atoms. The smallest absolute Gasteiger partial charge is 0.328 e. The van der Waals surface area contributed by atoms with Crippen molar-refractivity contribution in [2.75, 3.05) is 10.6 Å². The molecule has 0 fully saturated rings. The van der Waals surface area contributed by atoms with Crippen molar-refractivity contribution in [1.29, 1.82) is 0 Å². The number of carbonyl (C=O) groups is 4. The Morgan fingerprint density at radius 1 is 0.784 bits per heavy atom. The molecule has 3 aromatic rings. The zero-order chi connectivity index (χ0) is 27.3. The van der Waals surface area contributed by atoms with Gasteiger partial charge < -0.3 is 15.7 Å². The van der Waals surface area contributed by atoms with Gasteiger partial charge in [-0.2, -0.15) is 8.42 Å². The molecular formula is C26H22N2O8S. The predicted octanol–water partition coefficient (Wildman–Crippen LogP) is 3.94. The maximum absolute atomic E-state index is 12.6. The molecule has 0 unspecified atom stereocenters. The first-order valence-electron chi connectivity index (χ1n) is 10.7. The van der Waals surface area contributed by atoms with E-state index in [-0.39, 0.29) is 22.6 Å². The van der Waals surface area contributed by atoms with Crippen LogP contribution >= 0.6 is 0 Å². The van der Waals surface area contributed by atoms with Crippen molar-refractivity contribution in [2.45, 2.75) is 18.7 Å². The molecular weight excluding hydrogens is 500 g/mol. The lowest BCUT2D eigenvalue weighted by Gasteiger charge is -2.14. The molecule has 0 radical (unpaired) electrons. The summed E-state index contributed by atoms with van der Waals surface area (Å²) in [5, 5.41) is 13.7. The van der Waals surface area contributed by atoms with Crippen LogP contribution in [-0.4, -0.2) is 41.6 Å². The predicted molar refractivity (Wildman–Crippen MR) is 136 cm³/mol. The minimum Gasteiger partial charge on any atom is -0.478 e. The average Bonchev–Trinajstić information content (AvgIpc) is 2.82. The van der Waals surface area contributed by atoms with Crippen LogP contribution < -0.4 is 10.6 Å². The van der Waals surface area contributed by atoms with Crippen molar-refractivity contribution < 1.29 is 37.3 Å². The van der Waals surface area contributed by atoms with Crippen LogP contribution in [0, 0.1) is 6.92 Å². The summed E-state index contributed by atoms with van der Waals surface area (Å²) in [5.74, 6) is -2.63. The zero-order valence-electron chi connectivity index (χ0n) is 19.7. The number of carbonyl (C=O) groups excluding carboxylic acids is 3. The number of benzene rings is 3. The molecule has 0 spiro atoms. The first kappa shape index (κ1) is 27.0. The maximum atomic E-state index is 12.6. The van der Waals surface area contributed by atoms with E-state index in [9.17, 15) is 32.1 Å². The van der Waals surface area contributed by atoms with Gasteiger partial charge in [-0.1, -0.05) is 24.3 Å². The molecule has 0 saturated heterocycles. The van der Waals surface area contributed by atoms with Crippen molar-refractivity contribution in [1.82, 2.24) is 0 Å². The standard InChI is InChI=1S/C26H22N2O8S/c1-15-13-19(27-24(30)11-12-25(31)32)7-9-21(15)22-10-8-20(14-23(22)37(34,35)36)28-26(33)18-5-3-17(4-6-18)16(2)29/h3-14H,1-2H3,(H,27,30)(H,28,33)(H,31,32)(H,34,35,36)/b12-11+. The van der Waals surface area contributed by atoms with Gasteiger partial charge in [0.15, 0.2) is 5.78 Å². The number of hydrogen-bond acceptors (Lipinski definition) is 6. The summed E-state index contributed by atoms with van der Waals surface area (Å²) in [7, 11) is -4.70. The monoisotopic (exact) mass is 522 g/mol. The van der Waals surface area contributed by atoms with Crippen LogP contribution in [0.15, 0.2) is 77.7 Å². The highest BCUT2D eigenvalue weighted by Crippen LogP contribution is 2.33. The quantitative estimate of drug-likeness (QED) is 0.196. The second-order valence-electron chi connectivity index (χ2n) is 7.96. The van der Waals surface area contributed by atoms with Gasteiger partial charge in [-0.25, -0.2) is 4.79 Å². The van der Waals surface area contributed by atoms with Gasteiger partial charge in [0.1, 0.15) is 4.90 Å². The minimum absolute atomic E-state index is 0.115. The minimum atomic E-state index is -4.70. The van der Waals surface area contributed by atoms with E-state index < -0.39 is 32.8 Å². The fourth-order valence-corrected chi connectivity index (χ4v) is 4.20. The Kier molecular flexibility index (Phi) is 8.01. The van der Waals surface area contributed by atoms with E-state index >= 15 is 0 Å². The lowest BCUT2D eigenvalue weighted by atomic mass is 9.99. The van der Waals surface area contributed by atoms with E-state index in [0.29, 0.717) is 28.5 Å². The Bertz CT molecular complexity index is 1540. The lowest BCUT2D eigenvalue weighted by Crippen LogP contribution is -2.13. The largest absolute Gasteiger partial charge is 0.478 e. The molecule has 3 rings (SSSR count). The molecule has 3 aromatic carbocycles. The molecule has 0 aliphatic heterocycles. The molecule has 0 heterocycles. The van der Waals surface area contributed by atoms with Crippen molar-refractivity contribution in [3.05, 3.63) is 89.5 Å². The summed E-state index contributed by atoms with van der Waals surface area (Å²) >= 11 is 0. The maximum Gasteiger partial charge on any atom is 0.328 e. The first-order chi connectivity index (χ1) is 17.3. The second-order valence-corrected chi connectivity index (χ2v) is 9.35. The van der Waals surface area contributed by atoms with Gasteiger partial charge in [0.05, 0.1) is 0 Å². The molecule has 190 valence electrons. The third kappa shape index (κ3) is 6.97. The van der Waals surface area contributed by atoms with Gasteiger partial charge >= 0.3 is 5.97 Å². The SMILES string of the molecule is CC(=O)c1ccc(C(=O)Nc2ccc(-c3ccc(NC(=O)/C=C/C(=O)O)cc3C)c(S(=O)(=O)O)c2)cc1. The molecule has 0 aromatic heterocycles. The Morgan fingerprint density at radius 2 is 1.35 bits per heavy atom. The third-order valence-corrected chi connectivity index (χ3v) is 6.13. The van der Waals surface area contributed by atoms with Crippen LogP contribution in [0.4, 0.5) is 11.4 Å². The highest BCUT2D eigenvalue weighted by atomic mass is 32.2. The second kappa shape index (κ2) is 11.0. The highest BCUT2D eigenvalue weighted by Gasteiger charge is 2.20. The number of aryl methyl sites for hydroxylation is 1. The van der Waals surface area contributed by atoms with E-state index in [4.69, 9.17) is 5.11 Å². The molecule has 0 aliphatic carbocycles. The van der Waals surface area contributed by atoms with E-state index in [1.165, 1.54) is 55.5 Å². The topological polar surface area (TPSA) is 167 Å². The van der Waals surface area contributed by atoms with Gasteiger partial charge in [0, 0.05) is 40.2 Å². The number of rotatable bonds is 8. The van der Waals surface area contributed by atoms with Crippen LogP contribution in [0.2, 0.25) is 0 Å². The summed E-state index contributed by atoms with van der Waals surface area (Å²) < 4.78 is 34.2. The summed E-state index contributed by atoms with van der Waals surface area (Å²) in [6, 6.07) is 14.5. The first-order valence-corrected chi connectivity index (χ1v) is 12.2. The molecule has 0 aliphatic rings. The van der Waals surface area contributed by atoms with Crippen molar-refractivity contribution >= 4 is 45.1 Å². The number of amides is 2. The Balaban J connectivity index is 1.90. The van der Waals surface area contributed by atoms with Crippen LogP contribution in [0.1, 0.15) is 33.2 Å². The van der Waals surface area contributed by atoms with Crippen LogP contribution in [0.3, 0.4) is 0 Å². The molecule has 10 nitrogen and oxygen atoms in total. The summed E-state index contributed by atoms with van der Waals surface area (Å²) in [5.41, 5.74) is 2.28. The van der Waals surface area contributed by atoms with Crippen molar-refractivity contribution in [2.24, 2.45) is 0 Å². The van der Waals surface area contributed by atoms with Gasteiger partial charge in [-0.3, -0.25) is 18.9 Å². The molecule has 4 N–H and O–H groups in total. The number of ketones is 1. The number of Topliss-reactive ketones (excluding diaryl/α,β-unsaturated/α-hetero) is 1. The van der Waals surface area contributed by atoms with Gasteiger partial charge in [-0.15, -0.1) is 0 Å². The number of carboxylic acids is 1. The number of hydrogen-bond donors (Lipinski definition) is 4. The molecule has 11 heteroatoms. The fourth-order valence-electron chi connectivity index (χ4n) is 3.47. The lowest BCUT2D eigenvalue weighted by molar-refractivity contribution is -0.131. The summed E-state index contributed by atoms with van der Waals surface area (Å²) in [4.78, 5) is 45.9. The molecule has 37 heavy (non-hydrogen) atoms. The van der Waals surface area contributed by atoms with E-state index in [1.807, 2.05) is 0 Å². The molecule has 0 saturated carbocycles. The molecule has 0 atom stereocenters. The highest BCUT2D eigenvalue weighted by molar-refractivity contribution is 7.86. The Labute approximate surface area is 212 Å². The average molecular weight is 523 g/mol. The summed E-state index contributed by atoms with van der Waals surface area (Å²) in [6.07, 6.45) is 1.54. The Morgan fingerprint density at radius 3 is 1.89 bits per heavy atom. The van der Waals surface area contributed by atoms with Crippen LogP contribution in [0.25, 0.3) is 11.1 Å². The normalized spacial score (nSPS) is 11.2. The van der Waals surface area contributed by atoms with Crippen LogP contribution in [0.5, 0.6) is 0 Å². The zero-order valence-corrected chi connectivity index (χ0v) is 20.5. The number of nitrogens with one attached hydrogen (secondary N) is 2. The van der Waals surface area contributed by atoms with Gasteiger partial charge in [-0.05, 0) is 61.4 Å². The Hall–Kier alpha value is -4.61. The van der Waals surface area contributed by atoms with Crippen LogP contribution in [-0.2, 0) is 19.7 Å². The number of anilines is 2. The van der Waals surface area contributed by atoms with E-state index in [1.54, 1.807) is 13.0 Å². The van der Waals surface area contributed by atoms with Gasteiger partial charge in [0.2, 0.25) is 5.91 Å². The van der Waals surface area contributed by atoms with Crippen molar-refractivity contribution in [3.63, 3.8) is 0 Å².